The van der Waals surface area contributed by atoms with Gasteiger partial charge in [-0.25, -0.2) is 23.8 Å². The Labute approximate surface area is 166 Å². The third-order valence-electron chi connectivity index (χ3n) is 5.33. The summed E-state index contributed by atoms with van der Waals surface area (Å²) >= 11 is 0. The Morgan fingerprint density at radius 1 is 1.10 bits per heavy atom. The average Bonchev–Trinajstić information content (AvgIpc) is 3.23. The summed E-state index contributed by atoms with van der Waals surface area (Å²) in [7, 11) is 0. The largest absolute Gasteiger partial charge is 0.356 e. The summed E-state index contributed by atoms with van der Waals surface area (Å²) in [6, 6.07) is 6.42. The number of aromatic nitrogens is 2. The van der Waals surface area contributed by atoms with Crippen LogP contribution in [0.5, 0.6) is 0 Å². The molecule has 0 saturated carbocycles. The fourth-order valence-corrected chi connectivity index (χ4v) is 3.87. The fraction of sp³-hybridized carbons (Fsp3) is 0.400. The molecule has 4 rings (SSSR count). The average molecular weight is 399 g/mol. The Bertz CT molecular complexity index is 936. The predicted molar refractivity (Wildman–Crippen MR) is 98.2 cm³/mol. The van der Waals surface area contributed by atoms with Crippen LogP contribution in [0.4, 0.5) is 14.6 Å². The second-order valence-corrected chi connectivity index (χ2v) is 7.14. The number of rotatable bonds is 3. The molecule has 1 aromatic carbocycles. The highest BCUT2D eigenvalue weighted by molar-refractivity contribution is 5.79. The van der Waals surface area contributed by atoms with Gasteiger partial charge in [-0.05, 0) is 30.5 Å². The van der Waals surface area contributed by atoms with Crippen molar-refractivity contribution in [2.24, 2.45) is 5.92 Å². The predicted octanol–water partition coefficient (Wildman–Crippen LogP) is 2.75. The van der Waals surface area contributed by atoms with Gasteiger partial charge in [-0.1, -0.05) is 0 Å². The second-order valence-electron chi connectivity index (χ2n) is 7.14. The molecule has 0 radical (unpaired) electrons. The van der Waals surface area contributed by atoms with Gasteiger partial charge < -0.3 is 4.90 Å². The summed E-state index contributed by atoms with van der Waals surface area (Å²) < 4.78 is 27.2. The number of carbonyl (C=O) groups is 1. The lowest BCUT2D eigenvalue weighted by atomic mass is 9.94. The first kappa shape index (κ1) is 19.2. The van der Waals surface area contributed by atoms with Gasteiger partial charge in [0.2, 0.25) is 5.91 Å². The second kappa shape index (κ2) is 8.09. The molecule has 9 heteroatoms. The number of benzene rings is 1. The van der Waals surface area contributed by atoms with E-state index in [1.807, 2.05) is 11.0 Å². The number of piperidine rings is 1. The van der Waals surface area contributed by atoms with E-state index in [-0.39, 0.29) is 11.8 Å². The minimum atomic E-state index is -0.672. The summed E-state index contributed by atoms with van der Waals surface area (Å²) in [6.45, 7) is 1.53. The molecule has 150 valence electrons. The van der Waals surface area contributed by atoms with Crippen molar-refractivity contribution in [3.05, 3.63) is 53.5 Å². The first-order chi connectivity index (χ1) is 14.0. The number of carbonyl (C=O) groups excluding carboxylic acids is 1. The van der Waals surface area contributed by atoms with E-state index in [4.69, 9.17) is 10.1 Å². The topological polar surface area (TPSA) is 82.4 Å². The van der Waals surface area contributed by atoms with Crippen molar-refractivity contribution in [3.63, 3.8) is 0 Å². The van der Waals surface area contributed by atoms with Gasteiger partial charge in [0, 0.05) is 37.6 Å². The molecule has 0 N–H and O–H groups in total. The molecule has 1 atom stereocenters. The highest BCUT2D eigenvalue weighted by Gasteiger charge is 2.37. The monoisotopic (exact) mass is 399 g/mol. The molecule has 0 aliphatic carbocycles. The summed E-state index contributed by atoms with van der Waals surface area (Å²) in [4.78, 5) is 28.6. The number of anilines is 1. The van der Waals surface area contributed by atoms with E-state index < -0.39 is 17.7 Å². The Balaban J connectivity index is 1.43. The van der Waals surface area contributed by atoms with Crippen molar-refractivity contribution in [2.45, 2.75) is 25.3 Å². The van der Waals surface area contributed by atoms with E-state index in [0.29, 0.717) is 56.0 Å². The number of hydrogen-bond donors (Lipinski definition) is 0. The minimum absolute atomic E-state index is 0.169. The zero-order valence-corrected chi connectivity index (χ0v) is 15.6. The van der Waals surface area contributed by atoms with Gasteiger partial charge in [-0.2, -0.15) is 5.26 Å². The number of hydroxylamine groups is 2. The van der Waals surface area contributed by atoms with Crippen LogP contribution in [-0.4, -0.2) is 40.6 Å². The maximum Gasteiger partial charge on any atom is 0.249 e. The van der Waals surface area contributed by atoms with Crippen molar-refractivity contribution in [1.29, 1.82) is 5.26 Å². The Morgan fingerprint density at radius 3 is 2.52 bits per heavy atom. The van der Waals surface area contributed by atoms with Crippen molar-refractivity contribution in [2.75, 3.05) is 24.6 Å². The molecule has 2 aromatic rings. The lowest BCUT2D eigenvalue weighted by molar-refractivity contribution is -0.182. The summed E-state index contributed by atoms with van der Waals surface area (Å²) in [5, 5.41) is 10.3. The van der Waals surface area contributed by atoms with E-state index in [1.165, 1.54) is 23.5 Å². The van der Waals surface area contributed by atoms with Crippen LogP contribution in [0.1, 0.15) is 36.6 Å². The molecule has 7 nitrogen and oxygen atoms in total. The molecule has 2 saturated heterocycles. The zero-order chi connectivity index (χ0) is 20.4. The van der Waals surface area contributed by atoms with Gasteiger partial charge >= 0.3 is 0 Å². The molecule has 2 aliphatic heterocycles. The molecule has 1 amide bonds. The maximum atomic E-state index is 13.6. The number of amides is 1. The van der Waals surface area contributed by atoms with E-state index in [2.05, 4.69) is 9.97 Å². The molecular weight excluding hydrogens is 380 g/mol. The van der Waals surface area contributed by atoms with Crippen molar-refractivity contribution in [1.82, 2.24) is 15.0 Å². The van der Waals surface area contributed by atoms with Crippen LogP contribution >= 0.6 is 0 Å². The lowest BCUT2D eigenvalue weighted by Gasteiger charge is -2.34. The molecule has 3 heterocycles. The number of nitrogens with zero attached hydrogens (tertiary/aromatic N) is 5. The molecule has 0 spiro atoms. The van der Waals surface area contributed by atoms with Gasteiger partial charge in [-0.3, -0.25) is 9.63 Å². The quantitative estimate of drug-likeness (QED) is 0.789. The normalized spacial score (nSPS) is 20.0. The maximum absolute atomic E-state index is 13.6. The fourth-order valence-electron chi connectivity index (χ4n) is 3.87. The standard InChI is InChI=1S/C20H19F2N5O2/c21-15-7-14(8-16(22)9-15)18-3-6-29-27(18)20(28)13-1-4-26(5-2-13)19-10-17(11-23)24-12-25-19/h7-10,12-13,18H,1-6H2. The Hall–Kier alpha value is -3.12. The minimum Gasteiger partial charge on any atom is -0.356 e. The van der Waals surface area contributed by atoms with E-state index in [9.17, 15) is 13.6 Å². The van der Waals surface area contributed by atoms with Crippen LogP contribution in [0.2, 0.25) is 0 Å². The third kappa shape index (κ3) is 4.03. The van der Waals surface area contributed by atoms with Crippen molar-refractivity contribution >= 4 is 11.7 Å². The Kier molecular flexibility index (Phi) is 5.36. The molecule has 1 unspecified atom stereocenters. The van der Waals surface area contributed by atoms with Crippen LogP contribution in [0.15, 0.2) is 30.6 Å². The molecule has 2 fully saturated rings. The van der Waals surface area contributed by atoms with Gasteiger partial charge in [-0.15, -0.1) is 0 Å². The third-order valence-corrected chi connectivity index (χ3v) is 5.33. The highest BCUT2D eigenvalue weighted by atomic mass is 19.1. The van der Waals surface area contributed by atoms with Gasteiger partial charge in [0.05, 0.1) is 12.6 Å². The summed E-state index contributed by atoms with van der Waals surface area (Å²) in [5.74, 6) is -1.10. The van der Waals surface area contributed by atoms with Gasteiger partial charge in [0.25, 0.3) is 0 Å². The SMILES string of the molecule is N#Cc1cc(N2CCC(C(=O)N3OCCC3c3cc(F)cc(F)c3)CC2)ncn1. The van der Waals surface area contributed by atoms with Crippen LogP contribution in [0, 0.1) is 28.9 Å². The first-order valence-electron chi connectivity index (χ1n) is 9.44. The Morgan fingerprint density at radius 2 is 1.83 bits per heavy atom. The number of halogens is 2. The number of hydrogen-bond acceptors (Lipinski definition) is 6. The van der Waals surface area contributed by atoms with E-state index >= 15 is 0 Å². The van der Waals surface area contributed by atoms with Gasteiger partial charge in [0.15, 0.2) is 0 Å². The summed E-state index contributed by atoms with van der Waals surface area (Å²) in [6.07, 6.45) is 3.03. The van der Waals surface area contributed by atoms with Crippen molar-refractivity contribution < 1.29 is 18.4 Å². The van der Waals surface area contributed by atoms with Gasteiger partial charge in [0.1, 0.15) is 35.5 Å². The van der Waals surface area contributed by atoms with E-state index in [1.54, 1.807) is 6.07 Å². The molecule has 0 bridgehead atoms. The van der Waals surface area contributed by atoms with E-state index in [0.717, 1.165) is 6.07 Å². The molecular formula is C20H19F2N5O2. The van der Waals surface area contributed by atoms with Crippen LogP contribution in [0.25, 0.3) is 0 Å². The van der Waals surface area contributed by atoms with Crippen LogP contribution < -0.4 is 4.90 Å². The molecule has 29 heavy (non-hydrogen) atoms. The molecule has 1 aromatic heterocycles. The smallest absolute Gasteiger partial charge is 0.249 e. The zero-order valence-electron chi connectivity index (χ0n) is 15.6. The first-order valence-corrected chi connectivity index (χ1v) is 9.44. The van der Waals surface area contributed by atoms with Crippen molar-refractivity contribution in [3.8, 4) is 6.07 Å². The molecule has 2 aliphatic rings. The lowest BCUT2D eigenvalue weighted by Crippen LogP contribution is -2.42. The van der Waals surface area contributed by atoms with Crippen LogP contribution in [-0.2, 0) is 9.63 Å². The number of nitriles is 1. The summed E-state index contributed by atoms with van der Waals surface area (Å²) in [5.41, 5.74) is 0.694. The highest BCUT2D eigenvalue weighted by Crippen LogP contribution is 2.34. The van der Waals surface area contributed by atoms with Crippen LogP contribution in [0.3, 0.4) is 0 Å².